The Morgan fingerprint density at radius 2 is 2.08 bits per heavy atom. The van der Waals surface area contributed by atoms with Crippen molar-refractivity contribution in [3.05, 3.63) is 18.2 Å². The van der Waals surface area contributed by atoms with Crippen LogP contribution in [0.5, 0.6) is 0 Å². The summed E-state index contributed by atoms with van der Waals surface area (Å²) in [6, 6.07) is 0. The Morgan fingerprint density at radius 3 is 2.77 bits per heavy atom. The van der Waals surface area contributed by atoms with Gasteiger partial charge in [-0.2, -0.15) is 0 Å². The molecule has 0 N–H and O–H groups in total. The second-order valence-corrected chi connectivity index (χ2v) is 3.45. The minimum absolute atomic E-state index is 0.409. The van der Waals surface area contributed by atoms with Crippen molar-refractivity contribution >= 4 is 11.3 Å². The van der Waals surface area contributed by atoms with Crippen LogP contribution < -0.4 is 0 Å². The fraction of sp³-hybridized carbons (Fsp3) is 0.444. The number of aromatic nitrogens is 4. The van der Waals surface area contributed by atoms with Crippen LogP contribution in [0.15, 0.2) is 12.5 Å². The Labute approximate surface area is 76.7 Å². The average molecular weight is 176 g/mol. The molecule has 0 spiro atoms. The van der Waals surface area contributed by atoms with Crippen LogP contribution in [0.4, 0.5) is 0 Å². The van der Waals surface area contributed by atoms with Crippen molar-refractivity contribution in [2.75, 3.05) is 0 Å². The van der Waals surface area contributed by atoms with E-state index < -0.39 is 0 Å². The van der Waals surface area contributed by atoms with Gasteiger partial charge in [0.1, 0.15) is 0 Å². The summed E-state index contributed by atoms with van der Waals surface area (Å²) in [5, 5.41) is 0. The lowest BCUT2D eigenvalue weighted by atomic mass is 10.1. The molecule has 13 heavy (non-hydrogen) atoms. The summed E-state index contributed by atoms with van der Waals surface area (Å²) in [4.78, 5) is 12.8. The SMILES string of the molecule is CC(C)c1cnc2ncn(C)c2n1. The Kier molecular flexibility index (Phi) is 1.76. The van der Waals surface area contributed by atoms with Gasteiger partial charge >= 0.3 is 0 Å². The average Bonchev–Trinajstić information content (AvgIpc) is 2.47. The predicted octanol–water partition coefficient (Wildman–Crippen LogP) is 1.49. The Hall–Kier alpha value is -1.45. The zero-order valence-corrected chi connectivity index (χ0v) is 8.02. The molecule has 0 aliphatic heterocycles. The Bertz CT molecular complexity index is 430. The van der Waals surface area contributed by atoms with E-state index in [0.717, 1.165) is 11.3 Å². The highest BCUT2D eigenvalue weighted by atomic mass is 15.1. The van der Waals surface area contributed by atoms with E-state index in [-0.39, 0.29) is 0 Å². The lowest BCUT2D eigenvalue weighted by molar-refractivity contribution is 0.812. The first-order chi connectivity index (χ1) is 6.18. The van der Waals surface area contributed by atoms with Gasteiger partial charge in [0.15, 0.2) is 11.3 Å². The first-order valence-corrected chi connectivity index (χ1v) is 4.32. The standard InChI is InChI=1S/C9H12N4/c1-6(2)7-4-10-8-9(12-7)13(3)5-11-8/h4-6H,1-3H3. The van der Waals surface area contributed by atoms with Crippen LogP contribution in [0.25, 0.3) is 11.3 Å². The van der Waals surface area contributed by atoms with Crippen LogP contribution in [-0.4, -0.2) is 19.5 Å². The lowest BCUT2D eigenvalue weighted by Gasteiger charge is -2.02. The third-order valence-corrected chi connectivity index (χ3v) is 2.03. The second kappa shape index (κ2) is 2.80. The molecule has 0 saturated carbocycles. The minimum atomic E-state index is 0.409. The summed E-state index contributed by atoms with van der Waals surface area (Å²) in [7, 11) is 1.92. The zero-order chi connectivity index (χ0) is 9.42. The fourth-order valence-corrected chi connectivity index (χ4v) is 1.19. The summed E-state index contributed by atoms with van der Waals surface area (Å²) < 4.78 is 1.88. The maximum Gasteiger partial charge on any atom is 0.197 e. The van der Waals surface area contributed by atoms with E-state index in [1.54, 1.807) is 12.5 Å². The smallest absolute Gasteiger partial charge is 0.197 e. The summed E-state index contributed by atoms with van der Waals surface area (Å²) in [6.45, 7) is 4.21. The summed E-state index contributed by atoms with van der Waals surface area (Å²) in [6.07, 6.45) is 3.52. The van der Waals surface area contributed by atoms with Gasteiger partial charge in [-0.1, -0.05) is 13.8 Å². The molecule has 2 rings (SSSR count). The van der Waals surface area contributed by atoms with Gasteiger partial charge < -0.3 is 4.57 Å². The van der Waals surface area contributed by atoms with Gasteiger partial charge in [-0.3, -0.25) is 0 Å². The monoisotopic (exact) mass is 176 g/mol. The number of hydrogen-bond acceptors (Lipinski definition) is 3. The van der Waals surface area contributed by atoms with Crippen LogP contribution in [0, 0.1) is 0 Å². The Morgan fingerprint density at radius 1 is 1.31 bits per heavy atom. The van der Waals surface area contributed by atoms with Crippen LogP contribution in [0.1, 0.15) is 25.5 Å². The molecule has 2 aromatic heterocycles. The molecule has 0 aromatic carbocycles. The first kappa shape index (κ1) is 8.16. The van der Waals surface area contributed by atoms with Gasteiger partial charge in [0.2, 0.25) is 0 Å². The maximum absolute atomic E-state index is 4.47. The molecule has 4 nitrogen and oxygen atoms in total. The molecule has 0 saturated heterocycles. The number of hydrogen-bond donors (Lipinski definition) is 0. The van der Waals surface area contributed by atoms with Crippen LogP contribution in [0.3, 0.4) is 0 Å². The van der Waals surface area contributed by atoms with Crippen LogP contribution in [-0.2, 0) is 7.05 Å². The molecule has 0 atom stereocenters. The quantitative estimate of drug-likeness (QED) is 0.661. The van der Waals surface area contributed by atoms with Gasteiger partial charge in [0, 0.05) is 7.05 Å². The molecular formula is C9H12N4. The van der Waals surface area contributed by atoms with E-state index in [1.165, 1.54) is 0 Å². The predicted molar refractivity (Wildman–Crippen MR) is 50.4 cm³/mol. The van der Waals surface area contributed by atoms with E-state index in [9.17, 15) is 0 Å². The molecule has 0 unspecified atom stereocenters. The molecule has 0 amide bonds. The van der Waals surface area contributed by atoms with E-state index in [0.29, 0.717) is 11.6 Å². The molecule has 0 bridgehead atoms. The highest BCUT2D eigenvalue weighted by Crippen LogP contribution is 2.13. The van der Waals surface area contributed by atoms with Gasteiger partial charge in [0.25, 0.3) is 0 Å². The third kappa shape index (κ3) is 1.28. The summed E-state index contributed by atoms with van der Waals surface area (Å²) in [5.74, 6) is 0.409. The maximum atomic E-state index is 4.47. The molecule has 2 aromatic rings. The van der Waals surface area contributed by atoms with E-state index >= 15 is 0 Å². The highest BCUT2D eigenvalue weighted by molar-refractivity contribution is 5.65. The van der Waals surface area contributed by atoms with Crippen LogP contribution >= 0.6 is 0 Å². The van der Waals surface area contributed by atoms with Crippen molar-refractivity contribution in [3.8, 4) is 0 Å². The normalized spacial score (nSPS) is 11.4. The van der Waals surface area contributed by atoms with Gasteiger partial charge in [-0.05, 0) is 5.92 Å². The second-order valence-electron chi connectivity index (χ2n) is 3.45. The lowest BCUT2D eigenvalue weighted by Crippen LogP contribution is -1.97. The van der Waals surface area contributed by atoms with E-state index in [2.05, 4.69) is 28.8 Å². The molecule has 4 heteroatoms. The molecule has 0 aliphatic carbocycles. The van der Waals surface area contributed by atoms with Crippen molar-refractivity contribution in [3.63, 3.8) is 0 Å². The topological polar surface area (TPSA) is 43.6 Å². The highest BCUT2D eigenvalue weighted by Gasteiger charge is 2.06. The van der Waals surface area contributed by atoms with E-state index in [4.69, 9.17) is 0 Å². The molecular weight excluding hydrogens is 164 g/mol. The number of nitrogens with zero attached hydrogens (tertiary/aromatic N) is 4. The molecule has 0 radical (unpaired) electrons. The van der Waals surface area contributed by atoms with Crippen molar-refractivity contribution < 1.29 is 0 Å². The zero-order valence-electron chi connectivity index (χ0n) is 8.02. The number of aryl methyl sites for hydroxylation is 1. The van der Waals surface area contributed by atoms with Gasteiger partial charge in [0.05, 0.1) is 18.2 Å². The number of rotatable bonds is 1. The van der Waals surface area contributed by atoms with Crippen molar-refractivity contribution in [1.29, 1.82) is 0 Å². The molecule has 68 valence electrons. The molecule has 0 fully saturated rings. The van der Waals surface area contributed by atoms with Gasteiger partial charge in [-0.25, -0.2) is 15.0 Å². The number of fused-ring (bicyclic) bond motifs is 1. The van der Waals surface area contributed by atoms with Crippen molar-refractivity contribution in [1.82, 2.24) is 19.5 Å². The van der Waals surface area contributed by atoms with E-state index in [1.807, 2.05) is 11.6 Å². The largest absolute Gasteiger partial charge is 0.317 e. The summed E-state index contributed by atoms with van der Waals surface area (Å²) in [5.41, 5.74) is 2.58. The fourth-order valence-electron chi connectivity index (χ4n) is 1.19. The van der Waals surface area contributed by atoms with Gasteiger partial charge in [-0.15, -0.1) is 0 Å². The first-order valence-electron chi connectivity index (χ1n) is 4.32. The third-order valence-electron chi connectivity index (χ3n) is 2.03. The van der Waals surface area contributed by atoms with Crippen LogP contribution in [0.2, 0.25) is 0 Å². The van der Waals surface area contributed by atoms with Crippen molar-refractivity contribution in [2.24, 2.45) is 7.05 Å². The number of imidazole rings is 1. The Balaban J connectivity index is 2.66. The molecule has 2 heterocycles. The minimum Gasteiger partial charge on any atom is -0.317 e. The van der Waals surface area contributed by atoms with Crippen molar-refractivity contribution in [2.45, 2.75) is 19.8 Å². The molecule has 0 aliphatic rings. The summed E-state index contributed by atoms with van der Waals surface area (Å²) >= 11 is 0.